The highest BCUT2D eigenvalue weighted by Gasteiger charge is 2.11. The maximum atomic E-state index is 5.28. The number of nitrogens with one attached hydrogen (secondary N) is 1. The van der Waals surface area contributed by atoms with Crippen molar-refractivity contribution in [1.82, 2.24) is 20.5 Å². The lowest BCUT2D eigenvalue weighted by Gasteiger charge is -2.03. The normalized spacial score (nSPS) is 10.7. The lowest BCUT2D eigenvalue weighted by molar-refractivity contribution is 0.199. The number of rotatable bonds is 8. The summed E-state index contributed by atoms with van der Waals surface area (Å²) in [5, 5.41) is 13.6. The van der Waals surface area contributed by atoms with Crippen LogP contribution < -0.4 is 10.1 Å². The molecule has 2 heterocycles. The lowest BCUT2D eigenvalue weighted by Crippen LogP contribution is -2.21. The van der Waals surface area contributed by atoms with E-state index in [4.69, 9.17) is 9.47 Å². The number of nitrogens with zero attached hydrogens (tertiary/aromatic N) is 3. The van der Waals surface area contributed by atoms with E-state index in [1.807, 2.05) is 6.07 Å². The standard InChI is InChI=1S/C13H18N4O2S/c1-18-8-7-14-6-4-12-16-17-13(20-12)10-3-5-15-9-11(10)19-2/h3,5,9,14H,4,6-8H2,1-2H3. The van der Waals surface area contributed by atoms with Crippen LogP contribution in [-0.4, -0.2) is 49.1 Å². The molecular formula is C13H18N4O2S. The molecule has 7 heteroatoms. The van der Waals surface area contributed by atoms with Crippen molar-refractivity contribution in [2.24, 2.45) is 0 Å². The molecule has 20 heavy (non-hydrogen) atoms. The van der Waals surface area contributed by atoms with Crippen molar-refractivity contribution in [3.8, 4) is 16.3 Å². The SMILES string of the molecule is COCCNCCc1nnc(-c2ccncc2OC)s1. The Morgan fingerprint density at radius 3 is 2.95 bits per heavy atom. The molecule has 0 aliphatic rings. The molecule has 0 aromatic carbocycles. The van der Waals surface area contributed by atoms with Gasteiger partial charge < -0.3 is 14.8 Å². The average Bonchev–Trinajstić information content (AvgIpc) is 2.95. The quantitative estimate of drug-likeness (QED) is 0.742. The molecule has 0 bridgehead atoms. The van der Waals surface area contributed by atoms with Crippen LogP contribution in [0.25, 0.3) is 10.6 Å². The van der Waals surface area contributed by atoms with Crippen molar-refractivity contribution in [3.05, 3.63) is 23.5 Å². The van der Waals surface area contributed by atoms with E-state index in [0.29, 0.717) is 5.75 Å². The van der Waals surface area contributed by atoms with Crippen molar-refractivity contribution >= 4 is 11.3 Å². The molecule has 0 unspecified atom stereocenters. The van der Waals surface area contributed by atoms with Gasteiger partial charge in [-0.2, -0.15) is 0 Å². The predicted molar refractivity (Wildman–Crippen MR) is 78.1 cm³/mol. The third-order valence-corrected chi connectivity index (χ3v) is 3.72. The zero-order valence-electron chi connectivity index (χ0n) is 11.6. The second-order valence-corrected chi connectivity index (χ2v) is 5.13. The average molecular weight is 294 g/mol. The Labute approximate surface area is 122 Å². The van der Waals surface area contributed by atoms with Crippen molar-refractivity contribution in [3.63, 3.8) is 0 Å². The third-order valence-electron chi connectivity index (χ3n) is 2.70. The van der Waals surface area contributed by atoms with Crippen LogP contribution in [0.15, 0.2) is 18.5 Å². The molecule has 108 valence electrons. The molecule has 2 aromatic heterocycles. The third kappa shape index (κ3) is 3.96. The first kappa shape index (κ1) is 14.8. The summed E-state index contributed by atoms with van der Waals surface area (Å²) in [5.41, 5.74) is 0.929. The second-order valence-electron chi connectivity index (χ2n) is 4.07. The highest BCUT2D eigenvalue weighted by atomic mass is 32.1. The van der Waals surface area contributed by atoms with Gasteiger partial charge in [-0.05, 0) is 6.07 Å². The Morgan fingerprint density at radius 1 is 1.25 bits per heavy atom. The highest BCUT2D eigenvalue weighted by molar-refractivity contribution is 7.14. The van der Waals surface area contributed by atoms with Gasteiger partial charge in [0.25, 0.3) is 0 Å². The molecule has 6 nitrogen and oxygen atoms in total. The molecule has 0 amide bonds. The second kappa shape index (κ2) is 7.88. The first-order valence-corrected chi connectivity index (χ1v) is 7.17. The summed E-state index contributed by atoms with van der Waals surface area (Å²) in [7, 11) is 3.32. The lowest BCUT2D eigenvalue weighted by atomic mass is 10.2. The van der Waals surface area contributed by atoms with E-state index >= 15 is 0 Å². The summed E-state index contributed by atoms with van der Waals surface area (Å²) in [4.78, 5) is 4.04. The van der Waals surface area contributed by atoms with Crippen molar-refractivity contribution < 1.29 is 9.47 Å². The van der Waals surface area contributed by atoms with E-state index < -0.39 is 0 Å². The van der Waals surface area contributed by atoms with Crippen LogP contribution in [0.4, 0.5) is 0 Å². The van der Waals surface area contributed by atoms with Crippen molar-refractivity contribution in [2.45, 2.75) is 6.42 Å². The van der Waals surface area contributed by atoms with Gasteiger partial charge in [0.15, 0.2) is 5.01 Å². The van der Waals surface area contributed by atoms with Crippen LogP contribution in [0.5, 0.6) is 5.75 Å². The van der Waals surface area contributed by atoms with E-state index in [-0.39, 0.29) is 0 Å². The molecule has 0 saturated heterocycles. The zero-order chi connectivity index (χ0) is 14.2. The van der Waals surface area contributed by atoms with Gasteiger partial charge in [-0.3, -0.25) is 4.98 Å². The fraction of sp³-hybridized carbons (Fsp3) is 0.462. The number of pyridine rings is 1. The van der Waals surface area contributed by atoms with E-state index in [2.05, 4.69) is 20.5 Å². The van der Waals surface area contributed by atoms with E-state index in [1.54, 1.807) is 38.0 Å². The van der Waals surface area contributed by atoms with Crippen LogP contribution in [-0.2, 0) is 11.2 Å². The fourth-order valence-corrected chi connectivity index (χ4v) is 2.55. The van der Waals surface area contributed by atoms with Gasteiger partial charge in [0, 0.05) is 32.8 Å². The summed E-state index contributed by atoms with van der Waals surface area (Å²) >= 11 is 1.58. The largest absolute Gasteiger partial charge is 0.494 e. The maximum Gasteiger partial charge on any atom is 0.151 e. The predicted octanol–water partition coefficient (Wildman–Crippen LogP) is 1.39. The summed E-state index contributed by atoms with van der Waals surface area (Å²) < 4.78 is 10.3. The van der Waals surface area contributed by atoms with Crippen LogP contribution in [0, 0.1) is 0 Å². The van der Waals surface area contributed by atoms with E-state index in [9.17, 15) is 0 Å². The van der Waals surface area contributed by atoms with Gasteiger partial charge in [0.05, 0.1) is 25.5 Å². The minimum absolute atomic E-state index is 0.716. The molecule has 0 aliphatic carbocycles. The van der Waals surface area contributed by atoms with E-state index in [0.717, 1.165) is 41.7 Å². The smallest absolute Gasteiger partial charge is 0.151 e. The zero-order valence-corrected chi connectivity index (χ0v) is 12.4. The summed E-state index contributed by atoms with van der Waals surface area (Å²) in [6.45, 7) is 2.43. The number of aromatic nitrogens is 3. The van der Waals surface area contributed by atoms with Gasteiger partial charge in [0.1, 0.15) is 10.8 Å². The van der Waals surface area contributed by atoms with Gasteiger partial charge in [-0.1, -0.05) is 11.3 Å². The van der Waals surface area contributed by atoms with Gasteiger partial charge in [-0.25, -0.2) is 0 Å². The summed E-state index contributed by atoms with van der Waals surface area (Å²) in [6.07, 6.45) is 4.27. The van der Waals surface area contributed by atoms with Crippen LogP contribution >= 0.6 is 11.3 Å². The molecule has 0 atom stereocenters. The van der Waals surface area contributed by atoms with Gasteiger partial charge in [-0.15, -0.1) is 10.2 Å². The number of ether oxygens (including phenoxy) is 2. The van der Waals surface area contributed by atoms with Crippen LogP contribution in [0.3, 0.4) is 0 Å². The minimum atomic E-state index is 0.716. The summed E-state index contributed by atoms with van der Waals surface area (Å²) in [5.74, 6) is 0.716. The monoisotopic (exact) mass is 294 g/mol. The Kier molecular flexibility index (Phi) is 5.85. The molecule has 2 aromatic rings. The Balaban J connectivity index is 1.95. The topological polar surface area (TPSA) is 69.2 Å². The molecule has 0 saturated carbocycles. The molecule has 0 aliphatic heterocycles. The summed E-state index contributed by atoms with van der Waals surface area (Å²) in [6, 6.07) is 1.89. The number of hydrogen-bond acceptors (Lipinski definition) is 7. The molecule has 0 fully saturated rings. The Morgan fingerprint density at radius 2 is 2.15 bits per heavy atom. The fourth-order valence-electron chi connectivity index (χ4n) is 1.68. The molecule has 1 N–H and O–H groups in total. The number of hydrogen-bond donors (Lipinski definition) is 1. The molecule has 2 rings (SSSR count). The molecule has 0 spiro atoms. The van der Waals surface area contributed by atoms with Gasteiger partial charge >= 0.3 is 0 Å². The van der Waals surface area contributed by atoms with Crippen LogP contribution in [0.2, 0.25) is 0 Å². The van der Waals surface area contributed by atoms with Crippen molar-refractivity contribution in [1.29, 1.82) is 0 Å². The van der Waals surface area contributed by atoms with Crippen LogP contribution in [0.1, 0.15) is 5.01 Å². The van der Waals surface area contributed by atoms with Crippen molar-refractivity contribution in [2.75, 3.05) is 33.9 Å². The van der Waals surface area contributed by atoms with E-state index in [1.165, 1.54) is 0 Å². The number of methoxy groups -OCH3 is 2. The van der Waals surface area contributed by atoms with Gasteiger partial charge in [0.2, 0.25) is 0 Å². The first-order valence-electron chi connectivity index (χ1n) is 6.35. The Bertz CT molecular complexity index is 533. The first-order chi connectivity index (χ1) is 9.85. The highest BCUT2D eigenvalue weighted by Crippen LogP contribution is 2.30. The minimum Gasteiger partial charge on any atom is -0.494 e. The maximum absolute atomic E-state index is 5.28. The molecular weight excluding hydrogens is 276 g/mol. The Hall–Kier alpha value is -1.57. The molecule has 0 radical (unpaired) electrons.